The predicted molar refractivity (Wildman–Crippen MR) is 70.9 cm³/mol. The quantitative estimate of drug-likeness (QED) is 0.855. The normalized spacial score (nSPS) is 13.3. The summed E-state index contributed by atoms with van der Waals surface area (Å²) in [6.07, 6.45) is 5.52. The van der Waals surface area contributed by atoms with Gasteiger partial charge in [-0.15, -0.1) is 0 Å². The summed E-state index contributed by atoms with van der Waals surface area (Å²) >= 11 is 3.42. The molecule has 0 aliphatic rings. The third-order valence-corrected chi connectivity index (χ3v) is 2.69. The van der Waals surface area contributed by atoms with Crippen molar-refractivity contribution in [1.29, 1.82) is 0 Å². The Kier molecular flexibility index (Phi) is 5.66. The van der Waals surface area contributed by atoms with Crippen molar-refractivity contribution >= 4 is 22.0 Å². The molecule has 0 amide bonds. The lowest BCUT2D eigenvalue weighted by Gasteiger charge is -2.07. The van der Waals surface area contributed by atoms with Gasteiger partial charge in [0.05, 0.1) is 0 Å². The Morgan fingerprint density at radius 2 is 2.00 bits per heavy atom. The number of nitrogens with one attached hydrogen (secondary N) is 1. The predicted octanol–water partition coefficient (Wildman–Crippen LogP) is 3.85. The first-order chi connectivity index (χ1) is 7.22. The van der Waals surface area contributed by atoms with Gasteiger partial charge >= 0.3 is 0 Å². The summed E-state index contributed by atoms with van der Waals surface area (Å²) in [6, 6.07) is 8.77. The van der Waals surface area contributed by atoms with E-state index in [0.717, 1.165) is 11.0 Å². The van der Waals surface area contributed by atoms with Gasteiger partial charge in [0, 0.05) is 10.5 Å². The summed E-state index contributed by atoms with van der Waals surface area (Å²) in [5, 5.41) is 3.42. The van der Waals surface area contributed by atoms with Crippen LogP contribution < -0.4 is 5.32 Å². The topological polar surface area (TPSA) is 12.0 Å². The molecule has 0 bridgehead atoms. The van der Waals surface area contributed by atoms with Crippen LogP contribution >= 0.6 is 15.9 Å². The average Bonchev–Trinajstić information content (AvgIpc) is 2.25. The molecule has 1 nitrogen and oxygen atoms in total. The van der Waals surface area contributed by atoms with Crippen LogP contribution in [0.2, 0.25) is 0 Å². The lowest BCUT2D eigenvalue weighted by Crippen LogP contribution is -2.24. The van der Waals surface area contributed by atoms with Crippen LogP contribution in [0.15, 0.2) is 34.8 Å². The summed E-state index contributed by atoms with van der Waals surface area (Å²) in [7, 11) is 0. The number of halogens is 1. The summed E-state index contributed by atoms with van der Waals surface area (Å²) in [6.45, 7) is 5.43. The molecule has 1 aromatic rings. The number of hydrogen-bond donors (Lipinski definition) is 1. The van der Waals surface area contributed by atoms with Crippen LogP contribution in [-0.4, -0.2) is 12.6 Å². The fourth-order valence-corrected chi connectivity index (χ4v) is 1.53. The average molecular weight is 268 g/mol. The lowest BCUT2D eigenvalue weighted by atomic mass is 10.2. The summed E-state index contributed by atoms with van der Waals surface area (Å²) in [5.41, 5.74) is 1.24. The Morgan fingerprint density at radius 1 is 1.33 bits per heavy atom. The van der Waals surface area contributed by atoms with E-state index in [1.807, 2.05) is 0 Å². The molecule has 0 radical (unpaired) electrons. The minimum Gasteiger partial charge on any atom is -0.311 e. The second-order valence-electron chi connectivity index (χ2n) is 3.65. The lowest BCUT2D eigenvalue weighted by molar-refractivity contribution is 0.625. The van der Waals surface area contributed by atoms with Crippen molar-refractivity contribution in [2.75, 3.05) is 6.54 Å². The molecule has 1 atom stereocenters. The van der Waals surface area contributed by atoms with E-state index in [-0.39, 0.29) is 0 Å². The molecule has 15 heavy (non-hydrogen) atoms. The van der Waals surface area contributed by atoms with Gasteiger partial charge in [-0.05, 0) is 37.6 Å². The second-order valence-corrected chi connectivity index (χ2v) is 4.57. The molecule has 0 aromatic heterocycles. The molecule has 0 fully saturated rings. The van der Waals surface area contributed by atoms with E-state index >= 15 is 0 Å². The van der Waals surface area contributed by atoms with Gasteiger partial charge in [-0.3, -0.25) is 0 Å². The first kappa shape index (κ1) is 12.5. The van der Waals surface area contributed by atoms with Crippen molar-refractivity contribution < 1.29 is 0 Å². The molecule has 0 aliphatic carbocycles. The number of benzene rings is 1. The summed E-state index contributed by atoms with van der Waals surface area (Å²) in [5.74, 6) is 0. The van der Waals surface area contributed by atoms with Crippen molar-refractivity contribution in [3.05, 3.63) is 40.4 Å². The van der Waals surface area contributed by atoms with Crippen LogP contribution in [-0.2, 0) is 0 Å². The molecular weight excluding hydrogens is 250 g/mol. The van der Waals surface area contributed by atoms with Gasteiger partial charge in [0.15, 0.2) is 0 Å². The molecule has 82 valence electrons. The third-order valence-electron chi connectivity index (χ3n) is 2.16. The van der Waals surface area contributed by atoms with Crippen molar-refractivity contribution in [1.82, 2.24) is 5.32 Å². The number of hydrogen-bond acceptors (Lipinski definition) is 1. The van der Waals surface area contributed by atoms with Crippen molar-refractivity contribution in [3.8, 4) is 0 Å². The zero-order valence-electron chi connectivity index (χ0n) is 9.33. The molecule has 0 saturated heterocycles. The van der Waals surface area contributed by atoms with E-state index in [1.54, 1.807) is 0 Å². The Labute approximate surface area is 101 Å². The van der Waals surface area contributed by atoms with E-state index in [1.165, 1.54) is 12.0 Å². The zero-order chi connectivity index (χ0) is 11.1. The van der Waals surface area contributed by atoms with E-state index in [4.69, 9.17) is 0 Å². The van der Waals surface area contributed by atoms with Crippen LogP contribution in [0.1, 0.15) is 25.8 Å². The summed E-state index contributed by atoms with van der Waals surface area (Å²) in [4.78, 5) is 0. The van der Waals surface area contributed by atoms with Crippen LogP contribution in [0.25, 0.3) is 6.08 Å². The van der Waals surface area contributed by atoms with Crippen LogP contribution in [0.4, 0.5) is 0 Å². The highest BCUT2D eigenvalue weighted by Crippen LogP contribution is 2.11. The van der Waals surface area contributed by atoms with Crippen LogP contribution in [0.3, 0.4) is 0 Å². The molecule has 0 spiro atoms. The Balaban J connectivity index is 2.46. The molecule has 1 rings (SSSR count). The first-order valence-electron chi connectivity index (χ1n) is 5.39. The fourth-order valence-electron chi connectivity index (χ4n) is 1.27. The van der Waals surface area contributed by atoms with Gasteiger partial charge in [-0.25, -0.2) is 0 Å². The Hall–Kier alpha value is -0.600. The third kappa shape index (κ3) is 5.14. The first-order valence-corrected chi connectivity index (χ1v) is 6.19. The standard InChI is InChI=1S/C13H18BrN/c1-3-10-15-11(2)4-5-12-6-8-13(14)9-7-12/h4-9,11,15H,3,10H2,1-2H3/b5-4+. The van der Waals surface area contributed by atoms with E-state index in [0.29, 0.717) is 6.04 Å². The van der Waals surface area contributed by atoms with Gasteiger partial charge in [0.25, 0.3) is 0 Å². The molecule has 1 aromatic carbocycles. The maximum atomic E-state index is 3.42. The molecule has 0 saturated carbocycles. The van der Waals surface area contributed by atoms with E-state index in [2.05, 4.69) is 71.5 Å². The minimum atomic E-state index is 0.439. The minimum absolute atomic E-state index is 0.439. The highest BCUT2D eigenvalue weighted by atomic mass is 79.9. The van der Waals surface area contributed by atoms with Gasteiger partial charge in [-0.2, -0.15) is 0 Å². The Bertz CT molecular complexity index is 303. The van der Waals surface area contributed by atoms with Gasteiger partial charge < -0.3 is 5.32 Å². The maximum Gasteiger partial charge on any atom is 0.0224 e. The SMILES string of the molecule is CCCNC(C)/C=C/c1ccc(Br)cc1. The molecule has 1 N–H and O–H groups in total. The number of rotatable bonds is 5. The van der Waals surface area contributed by atoms with Crippen LogP contribution in [0.5, 0.6) is 0 Å². The van der Waals surface area contributed by atoms with E-state index in [9.17, 15) is 0 Å². The van der Waals surface area contributed by atoms with Gasteiger partial charge in [0.2, 0.25) is 0 Å². The Morgan fingerprint density at radius 3 is 2.60 bits per heavy atom. The van der Waals surface area contributed by atoms with Crippen molar-refractivity contribution in [2.24, 2.45) is 0 Å². The molecule has 0 aliphatic heterocycles. The summed E-state index contributed by atoms with van der Waals surface area (Å²) < 4.78 is 1.12. The molecular formula is C13H18BrN. The maximum absolute atomic E-state index is 3.42. The van der Waals surface area contributed by atoms with Crippen molar-refractivity contribution in [3.63, 3.8) is 0 Å². The molecule has 1 unspecified atom stereocenters. The highest BCUT2D eigenvalue weighted by Gasteiger charge is 1.93. The fraction of sp³-hybridized carbons (Fsp3) is 0.385. The van der Waals surface area contributed by atoms with Crippen molar-refractivity contribution in [2.45, 2.75) is 26.3 Å². The van der Waals surface area contributed by atoms with E-state index < -0.39 is 0 Å². The monoisotopic (exact) mass is 267 g/mol. The largest absolute Gasteiger partial charge is 0.311 e. The van der Waals surface area contributed by atoms with Gasteiger partial charge in [-0.1, -0.05) is 47.1 Å². The molecule has 0 heterocycles. The second kappa shape index (κ2) is 6.81. The van der Waals surface area contributed by atoms with Crippen LogP contribution in [0, 0.1) is 0 Å². The van der Waals surface area contributed by atoms with Gasteiger partial charge in [0.1, 0.15) is 0 Å². The zero-order valence-corrected chi connectivity index (χ0v) is 10.9. The smallest absolute Gasteiger partial charge is 0.0224 e. The highest BCUT2D eigenvalue weighted by molar-refractivity contribution is 9.10. The molecule has 2 heteroatoms.